The van der Waals surface area contributed by atoms with E-state index in [0.29, 0.717) is 17.5 Å². The van der Waals surface area contributed by atoms with Crippen molar-refractivity contribution < 1.29 is 30.3 Å². The first-order valence-electron chi connectivity index (χ1n) is 8.59. The summed E-state index contributed by atoms with van der Waals surface area (Å²) < 4.78 is 5.55. The van der Waals surface area contributed by atoms with Crippen LogP contribution in [0.5, 0.6) is 5.75 Å². The van der Waals surface area contributed by atoms with E-state index in [1.807, 2.05) is 31.2 Å². The van der Waals surface area contributed by atoms with E-state index >= 15 is 0 Å². The molecular formula is C20H24O6. The minimum Gasteiger partial charge on any atom is -0.507 e. The van der Waals surface area contributed by atoms with Gasteiger partial charge in [0.05, 0.1) is 6.61 Å². The van der Waals surface area contributed by atoms with E-state index in [1.54, 1.807) is 18.2 Å². The summed E-state index contributed by atoms with van der Waals surface area (Å²) >= 11 is 0. The smallest absolute Gasteiger partial charge is 0.125 e. The fourth-order valence-corrected chi connectivity index (χ4v) is 3.27. The zero-order valence-electron chi connectivity index (χ0n) is 14.5. The molecule has 0 bridgehead atoms. The van der Waals surface area contributed by atoms with Gasteiger partial charge in [0.1, 0.15) is 36.3 Å². The van der Waals surface area contributed by atoms with E-state index in [9.17, 15) is 25.5 Å². The summed E-state index contributed by atoms with van der Waals surface area (Å²) in [6, 6.07) is 13.1. The molecule has 6 heteroatoms. The van der Waals surface area contributed by atoms with Gasteiger partial charge in [0, 0.05) is 12.0 Å². The van der Waals surface area contributed by atoms with Gasteiger partial charge in [-0.15, -0.1) is 0 Å². The molecule has 0 amide bonds. The molecular weight excluding hydrogens is 336 g/mol. The van der Waals surface area contributed by atoms with E-state index in [0.717, 1.165) is 11.1 Å². The van der Waals surface area contributed by atoms with Gasteiger partial charge in [-0.3, -0.25) is 0 Å². The second kappa shape index (κ2) is 7.73. The summed E-state index contributed by atoms with van der Waals surface area (Å²) in [6.45, 7) is 1.49. The largest absolute Gasteiger partial charge is 0.507 e. The number of ether oxygens (including phenoxy) is 1. The first-order chi connectivity index (χ1) is 12.4. The molecule has 1 fully saturated rings. The second-order valence-electron chi connectivity index (χ2n) is 6.77. The van der Waals surface area contributed by atoms with Crippen molar-refractivity contribution in [1.29, 1.82) is 0 Å². The molecule has 0 aromatic heterocycles. The Kier molecular flexibility index (Phi) is 5.60. The number of aryl methyl sites for hydroxylation is 1. The molecule has 0 radical (unpaired) electrons. The van der Waals surface area contributed by atoms with Gasteiger partial charge in [0.25, 0.3) is 0 Å². The lowest BCUT2D eigenvalue weighted by atomic mass is 9.89. The molecule has 26 heavy (non-hydrogen) atoms. The quantitative estimate of drug-likeness (QED) is 0.552. The summed E-state index contributed by atoms with van der Waals surface area (Å²) in [6.07, 6.45) is -5.90. The lowest BCUT2D eigenvalue weighted by Crippen LogP contribution is -2.55. The van der Waals surface area contributed by atoms with Crippen molar-refractivity contribution in [1.82, 2.24) is 0 Å². The second-order valence-corrected chi connectivity index (χ2v) is 6.77. The van der Waals surface area contributed by atoms with Gasteiger partial charge in [-0.05, 0) is 18.1 Å². The number of aliphatic hydroxyl groups excluding tert-OH is 4. The first kappa shape index (κ1) is 18.8. The van der Waals surface area contributed by atoms with Crippen LogP contribution in [0.1, 0.15) is 28.4 Å². The maximum Gasteiger partial charge on any atom is 0.125 e. The molecule has 5 atom stereocenters. The molecule has 3 rings (SSSR count). The number of aliphatic hydroxyl groups is 4. The Morgan fingerprint density at radius 3 is 2.27 bits per heavy atom. The van der Waals surface area contributed by atoms with Gasteiger partial charge >= 0.3 is 0 Å². The Morgan fingerprint density at radius 1 is 0.923 bits per heavy atom. The van der Waals surface area contributed by atoms with E-state index in [1.165, 1.54) is 0 Å². The molecule has 2 aromatic rings. The van der Waals surface area contributed by atoms with Gasteiger partial charge in [-0.2, -0.15) is 0 Å². The van der Waals surface area contributed by atoms with Crippen LogP contribution >= 0.6 is 0 Å². The fraction of sp³-hybridized carbons (Fsp3) is 0.400. The van der Waals surface area contributed by atoms with Crippen molar-refractivity contribution in [2.24, 2.45) is 0 Å². The Balaban J connectivity index is 1.89. The molecule has 6 nitrogen and oxygen atoms in total. The number of phenolic OH excluding ortho intramolecular Hbond substituents is 1. The fourth-order valence-electron chi connectivity index (χ4n) is 3.27. The van der Waals surface area contributed by atoms with Gasteiger partial charge < -0.3 is 30.3 Å². The highest BCUT2D eigenvalue weighted by atomic mass is 16.5. The molecule has 5 unspecified atom stereocenters. The molecule has 140 valence electrons. The maximum absolute atomic E-state index is 10.7. The summed E-state index contributed by atoms with van der Waals surface area (Å²) in [5, 5.41) is 50.2. The van der Waals surface area contributed by atoms with Crippen LogP contribution in [0.4, 0.5) is 0 Å². The molecule has 5 N–H and O–H groups in total. The Labute approximate surface area is 151 Å². The summed E-state index contributed by atoms with van der Waals surface area (Å²) in [7, 11) is 0. The average Bonchev–Trinajstić information content (AvgIpc) is 2.64. The van der Waals surface area contributed by atoms with Crippen molar-refractivity contribution in [2.45, 2.75) is 43.9 Å². The van der Waals surface area contributed by atoms with Crippen molar-refractivity contribution in [3.8, 4) is 5.75 Å². The van der Waals surface area contributed by atoms with Gasteiger partial charge in [0.15, 0.2) is 0 Å². The van der Waals surface area contributed by atoms with Gasteiger partial charge in [-0.25, -0.2) is 0 Å². The highest BCUT2D eigenvalue weighted by Gasteiger charge is 2.44. The third-order valence-corrected chi connectivity index (χ3v) is 4.86. The Bertz CT molecular complexity index is 742. The van der Waals surface area contributed by atoms with Crippen molar-refractivity contribution in [2.75, 3.05) is 6.61 Å². The molecule has 2 aromatic carbocycles. The molecule has 1 saturated heterocycles. The predicted molar refractivity (Wildman–Crippen MR) is 94.8 cm³/mol. The topological polar surface area (TPSA) is 110 Å². The van der Waals surface area contributed by atoms with Crippen LogP contribution in [0.3, 0.4) is 0 Å². The third kappa shape index (κ3) is 3.60. The maximum atomic E-state index is 10.7. The van der Waals surface area contributed by atoms with Gasteiger partial charge in [-0.1, -0.05) is 48.0 Å². The zero-order chi connectivity index (χ0) is 18.8. The first-order valence-corrected chi connectivity index (χ1v) is 8.59. The van der Waals surface area contributed by atoms with Crippen LogP contribution < -0.4 is 0 Å². The minimum absolute atomic E-state index is 0.0302. The summed E-state index contributed by atoms with van der Waals surface area (Å²) in [5.74, 6) is -0.0302. The van der Waals surface area contributed by atoms with Crippen LogP contribution in [0.15, 0.2) is 42.5 Å². The molecule has 0 spiro atoms. The number of para-hydroxylation sites is 1. The summed E-state index contributed by atoms with van der Waals surface area (Å²) in [5.41, 5.74) is 3.14. The Hall–Kier alpha value is -1.96. The molecule has 0 saturated carbocycles. The molecule has 1 aliphatic heterocycles. The van der Waals surface area contributed by atoms with Crippen molar-refractivity contribution in [3.63, 3.8) is 0 Å². The van der Waals surface area contributed by atoms with Crippen LogP contribution in [-0.2, 0) is 11.2 Å². The number of rotatable bonds is 4. The lowest BCUT2D eigenvalue weighted by Gasteiger charge is -2.40. The van der Waals surface area contributed by atoms with E-state index in [4.69, 9.17) is 4.74 Å². The normalized spacial score (nSPS) is 28.9. The SMILES string of the molecule is Cc1ccc(Cc2cccc(C3OC(CO)C(O)C(O)C3O)c2O)cc1. The minimum atomic E-state index is -1.48. The lowest BCUT2D eigenvalue weighted by molar-refractivity contribution is -0.232. The van der Waals surface area contributed by atoms with Crippen LogP contribution in [0.25, 0.3) is 0 Å². The highest BCUT2D eigenvalue weighted by molar-refractivity contribution is 5.45. The number of hydrogen-bond donors (Lipinski definition) is 5. The van der Waals surface area contributed by atoms with Crippen LogP contribution in [0.2, 0.25) is 0 Å². The standard InChI is InChI=1S/C20H24O6/c1-11-5-7-12(8-6-11)9-13-3-2-4-14(16(13)22)20-19(25)18(24)17(23)15(10-21)26-20/h2-8,15,17-25H,9-10H2,1H3. The van der Waals surface area contributed by atoms with Gasteiger partial charge in [0.2, 0.25) is 0 Å². The number of aromatic hydroxyl groups is 1. The average molecular weight is 360 g/mol. The highest BCUT2D eigenvalue weighted by Crippen LogP contribution is 2.38. The van der Waals surface area contributed by atoms with Crippen LogP contribution in [-0.4, -0.2) is 56.6 Å². The predicted octanol–water partition coefficient (Wildman–Crippen LogP) is 0.806. The molecule has 1 aliphatic rings. The number of phenols is 1. The molecule has 0 aliphatic carbocycles. The van der Waals surface area contributed by atoms with E-state index in [2.05, 4.69) is 0 Å². The third-order valence-electron chi connectivity index (χ3n) is 4.86. The Morgan fingerprint density at radius 2 is 1.62 bits per heavy atom. The van der Waals surface area contributed by atoms with Crippen molar-refractivity contribution >= 4 is 0 Å². The monoisotopic (exact) mass is 360 g/mol. The van der Waals surface area contributed by atoms with E-state index in [-0.39, 0.29) is 5.75 Å². The van der Waals surface area contributed by atoms with Crippen molar-refractivity contribution in [3.05, 3.63) is 64.7 Å². The molecule has 1 heterocycles. The van der Waals surface area contributed by atoms with Crippen LogP contribution in [0, 0.1) is 6.92 Å². The number of benzene rings is 2. The zero-order valence-corrected chi connectivity index (χ0v) is 14.5. The summed E-state index contributed by atoms with van der Waals surface area (Å²) in [4.78, 5) is 0. The van der Waals surface area contributed by atoms with E-state index < -0.39 is 37.1 Å². The number of hydrogen-bond acceptors (Lipinski definition) is 6.